The van der Waals surface area contributed by atoms with Gasteiger partial charge in [-0.2, -0.15) is 15.2 Å². The molecule has 0 spiro atoms. The van der Waals surface area contributed by atoms with Crippen LogP contribution in [0.1, 0.15) is 25.7 Å². The summed E-state index contributed by atoms with van der Waals surface area (Å²) in [7, 11) is 0. The fraction of sp³-hybridized carbons (Fsp3) is 0.486. The van der Waals surface area contributed by atoms with E-state index in [0.717, 1.165) is 43.8 Å². The topological polar surface area (TPSA) is 137 Å². The Labute approximate surface area is 318 Å². The number of nitrogens with two attached hydrogens (primary N) is 1. The zero-order valence-electron chi connectivity index (χ0n) is 29.4. The largest absolute Gasteiger partial charge is 0.461 e. The lowest BCUT2D eigenvalue weighted by Crippen LogP contribution is -2.55. The number of thiazole rings is 1. The third-order valence-electron chi connectivity index (χ3n) is 11.0. The minimum atomic E-state index is -0.971. The van der Waals surface area contributed by atoms with E-state index in [1.807, 2.05) is 11.0 Å². The Balaban J connectivity index is 1.15. The van der Waals surface area contributed by atoms with Crippen LogP contribution >= 0.6 is 22.9 Å². The van der Waals surface area contributed by atoms with Crippen molar-refractivity contribution in [2.24, 2.45) is 0 Å². The van der Waals surface area contributed by atoms with Crippen LogP contribution < -0.4 is 15.4 Å². The van der Waals surface area contributed by atoms with Crippen molar-refractivity contribution in [3.05, 3.63) is 47.0 Å². The number of piperazine rings is 1. The molecular weight excluding hydrogens is 743 g/mol. The van der Waals surface area contributed by atoms with E-state index >= 15 is 4.39 Å². The van der Waals surface area contributed by atoms with Crippen molar-refractivity contribution in [3.63, 3.8) is 0 Å². The van der Waals surface area contributed by atoms with Crippen LogP contribution in [-0.2, 0) is 9.53 Å². The van der Waals surface area contributed by atoms with E-state index in [9.17, 15) is 18.8 Å². The molecule has 284 valence electrons. The number of carbonyl (C=O) groups excluding carboxylic acids is 1. The number of amides is 1. The summed E-state index contributed by atoms with van der Waals surface area (Å²) in [6, 6.07) is 5.80. The van der Waals surface area contributed by atoms with Gasteiger partial charge in [-0.15, -0.1) is 0 Å². The van der Waals surface area contributed by atoms with Crippen LogP contribution in [-0.4, -0.2) is 125 Å². The van der Waals surface area contributed by atoms with Crippen molar-refractivity contribution in [2.45, 2.75) is 43.4 Å². The number of carbonyl (C=O) groups is 1. The van der Waals surface area contributed by atoms with Gasteiger partial charge in [0.2, 0.25) is 5.91 Å². The molecule has 2 aromatic heterocycles. The van der Waals surface area contributed by atoms with Crippen LogP contribution in [0.2, 0.25) is 5.02 Å². The Hall–Kier alpha value is -4.27. The summed E-state index contributed by atoms with van der Waals surface area (Å²) in [5.41, 5.74) is 5.71. The molecule has 0 saturated carbocycles. The van der Waals surface area contributed by atoms with Crippen molar-refractivity contribution in [1.29, 1.82) is 5.26 Å². The molecule has 12 nitrogen and oxygen atoms in total. The predicted octanol–water partition coefficient (Wildman–Crippen LogP) is 5.19. The predicted molar refractivity (Wildman–Crippen MR) is 200 cm³/mol. The van der Waals surface area contributed by atoms with Crippen molar-refractivity contribution < 1.29 is 27.4 Å². The van der Waals surface area contributed by atoms with Crippen molar-refractivity contribution in [1.82, 2.24) is 29.7 Å². The molecule has 6 heterocycles. The summed E-state index contributed by atoms with van der Waals surface area (Å²) < 4.78 is 58.2. The summed E-state index contributed by atoms with van der Waals surface area (Å²) >= 11 is 7.81. The van der Waals surface area contributed by atoms with Gasteiger partial charge >= 0.3 is 6.01 Å². The van der Waals surface area contributed by atoms with E-state index in [4.69, 9.17) is 31.8 Å². The van der Waals surface area contributed by atoms with Gasteiger partial charge in [0.15, 0.2) is 10.9 Å². The first-order valence-corrected chi connectivity index (χ1v) is 19.3. The fourth-order valence-electron chi connectivity index (χ4n) is 8.35. The number of nitrogens with zero attached hydrogens (tertiary/aromatic N) is 8. The maximum atomic E-state index is 17.0. The molecule has 1 unspecified atom stereocenters. The number of aromatic nitrogens is 3. The maximum Gasteiger partial charge on any atom is 0.319 e. The minimum Gasteiger partial charge on any atom is -0.461 e. The first kappa shape index (κ1) is 36.7. The van der Waals surface area contributed by atoms with E-state index in [1.54, 1.807) is 17.0 Å². The highest BCUT2D eigenvalue weighted by Crippen LogP contribution is 2.44. The molecule has 8 rings (SSSR count). The molecule has 4 aliphatic heterocycles. The standard InChI is InChI=1S/C37H39ClF3N9O3S/c38-26-17-25-31(30(41)29(26)24-4-5-27(40)33-32(24)44-35(43)54-33)45-36(53-21-37-7-2-10-49(37)19-22(39)18-37)46-34(25)48-11-12-50(23(20-48)6-8-42)28(51)3-1-9-47-13-15-52-16-14-47/h1,3-5,17,22-23H,2,6-7,9-16,18-21H2,(H2,43,44)/b3-1+/t22-,23?,37+/m1/s1. The third-order valence-corrected chi connectivity index (χ3v) is 12.2. The molecule has 2 aromatic carbocycles. The highest BCUT2D eigenvalue weighted by Gasteiger charge is 2.49. The van der Waals surface area contributed by atoms with E-state index < -0.39 is 29.4 Å². The molecule has 4 fully saturated rings. The quantitative estimate of drug-likeness (QED) is 0.225. The molecule has 3 atom stereocenters. The SMILES string of the molecule is N#CCC1CN(c2nc(OC[C@@]34CCCN3C[C@H](F)C4)nc3c(F)c(-c4ccc(F)c5sc(N)nc45)c(Cl)cc23)CCN1C(=O)/C=C/CN1CCOCC1. The van der Waals surface area contributed by atoms with Crippen LogP contribution in [0, 0.1) is 23.0 Å². The number of halogens is 4. The average molecular weight is 782 g/mol. The first-order chi connectivity index (χ1) is 26.1. The lowest BCUT2D eigenvalue weighted by Gasteiger charge is -2.41. The molecule has 0 bridgehead atoms. The molecule has 4 aliphatic rings. The van der Waals surface area contributed by atoms with Gasteiger partial charge < -0.3 is 25.0 Å². The Morgan fingerprint density at radius 3 is 2.80 bits per heavy atom. The van der Waals surface area contributed by atoms with Gasteiger partial charge in [-0.3, -0.25) is 14.6 Å². The highest BCUT2D eigenvalue weighted by atomic mass is 35.5. The van der Waals surface area contributed by atoms with E-state index in [1.165, 1.54) is 12.1 Å². The number of rotatable bonds is 9. The van der Waals surface area contributed by atoms with Gasteiger partial charge in [-0.1, -0.05) is 29.0 Å². The Bertz CT molecular complexity index is 2160. The third kappa shape index (κ3) is 6.92. The van der Waals surface area contributed by atoms with Crippen molar-refractivity contribution >= 4 is 60.9 Å². The van der Waals surface area contributed by atoms with Crippen LogP contribution in [0.15, 0.2) is 30.4 Å². The van der Waals surface area contributed by atoms with Gasteiger partial charge in [0.05, 0.1) is 52.5 Å². The second kappa shape index (κ2) is 15.1. The molecule has 0 radical (unpaired) electrons. The summed E-state index contributed by atoms with van der Waals surface area (Å²) in [4.78, 5) is 34.9. The van der Waals surface area contributed by atoms with E-state index in [2.05, 4.69) is 25.8 Å². The number of anilines is 2. The number of ether oxygens (including phenoxy) is 2. The van der Waals surface area contributed by atoms with Crippen LogP contribution in [0.5, 0.6) is 6.01 Å². The Kier molecular flexibility index (Phi) is 10.3. The Morgan fingerprint density at radius 1 is 1.15 bits per heavy atom. The first-order valence-electron chi connectivity index (χ1n) is 18.1. The normalized spacial score (nSPS) is 23.8. The molecule has 1 amide bonds. The van der Waals surface area contributed by atoms with E-state index in [-0.39, 0.29) is 80.4 Å². The lowest BCUT2D eigenvalue weighted by molar-refractivity contribution is -0.128. The van der Waals surface area contributed by atoms with Gasteiger partial charge in [0.1, 0.15) is 29.9 Å². The van der Waals surface area contributed by atoms with Crippen LogP contribution in [0.25, 0.3) is 32.2 Å². The molecule has 2 N–H and O–H groups in total. The molecule has 4 aromatic rings. The summed E-state index contributed by atoms with van der Waals surface area (Å²) in [5.74, 6) is -1.21. The Morgan fingerprint density at radius 2 is 1.98 bits per heavy atom. The molecule has 0 aliphatic carbocycles. The number of nitrogen functional groups attached to an aromatic ring is 1. The smallest absolute Gasteiger partial charge is 0.319 e. The van der Waals surface area contributed by atoms with E-state index in [0.29, 0.717) is 45.1 Å². The molecule has 17 heteroatoms. The van der Waals surface area contributed by atoms with Crippen LogP contribution in [0.3, 0.4) is 0 Å². The maximum absolute atomic E-state index is 17.0. The van der Waals surface area contributed by atoms with Crippen molar-refractivity contribution in [3.8, 4) is 23.2 Å². The van der Waals surface area contributed by atoms with Crippen molar-refractivity contribution in [2.75, 3.05) is 82.8 Å². The van der Waals surface area contributed by atoms with Gasteiger partial charge in [-0.05, 0) is 37.6 Å². The minimum absolute atomic E-state index is 0.0196. The number of fused-ring (bicyclic) bond motifs is 3. The van der Waals surface area contributed by atoms with Gasteiger partial charge in [-0.25, -0.2) is 18.2 Å². The number of alkyl halides is 1. The highest BCUT2D eigenvalue weighted by molar-refractivity contribution is 7.22. The molecule has 4 saturated heterocycles. The second-order valence-electron chi connectivity index (χ2n) is 14.3. The monoisotopic (exact) mass is 781 g/mol. The average Bonchev–Trinajstić information content (AvgIpc) is 3.84. The zero-order chi connectivity index (χ0) is 37.6. The fourth-order valence-corrected chi connectivity index (χ4v) is 9.41. The summed E-state index contributed by atoms with van der Waals surface area (Å²) in [6.07, 6.45) is 4.47. The van der Waals surface area contributed by atoms with Gasteiger partial charge in [0.25, 0.3) is 0 Å². The number of hydrogen-bond acceptors (Lipinski definition) is 12. The summed E-state index contributed by atoms with van der Waals surface area (Å²) in [6.45, 7) is 5.55. The number of benzene rings is 2. The van der Waals surface area contributed by atoms with Crippen LogP contribution in [0.4, 0.5) is 24.1 Å². The second-order valence-corrected chi connectivity index (χ2v) is 15.7. The number of hydrogen-bond donors (Lipinski definition) is 1. The lowest BCUT2D eigenvalue weighted by atomic mass is 9.95. The number of morpholine rings is 1. The number of nitriles is 1. The molecular formula is C37H39ClF3N9O3S. The van der Waals surface area contributed by atoms with Gasteiger partial charge in [0, 0.05) is 74.8 Å². The summed E-state index contributed by atoms with van der Waals surface area (Å²) in [5, 5.41) is 10.2. The molecule has 54 heavy (non-hydrogen) atoms. The zero-order valence-corrected chi connectivity index (χ0v) is 31.0.